The summed E-state index contributed by atoms with van der Waals surface area (Å²) in [5.41, 5.74) is 4.43. The molecule has 0 spiro atoms. The second kappa shape index (κ2) is 8.67. The van der Waals surface area contributed by atoms with Crippen LogP contribution in [0.25, 0.3) is 0 Å². The van der Waals surface area contributed by atoms with Gasteiger partial charge in [0.15, 0.2) is 11.5 Å². The van der Waals surface area contributed by atoms with E-state index in [4.69, 9.17) is 9.47 Å². The first-order chi connectivity index (χ1) is 14.9. The molecule has 2 aliphatic rings. The van der Waals surface area contributed by atoms with Gasteiger partial charge in [-0.3, -0.25) is 15.0 Å². The van der Waals surface area contributed by atoms with E-state index in [2.05, 4.69) is 15.7 Å². The molecule has 2 aliphatic heterocycles. The average Bonchev–Trinajstić information content (AvgIpc) is 2.79. The minimum Gasteiger partial charge on any atom is -0.486 e. The molecule has 0 unspecified atom stereocenters. The predicted molar refractivity (Wildman–Crippen MR) is 117 cm³/mol. The molecule has 8 nitrogen and oxygen atoms in total. The zero-order valence-electron chi connectivity index (χ0n) is 17.8. The number of hydrogen-bond acceptors (Lipinski definition) is 6. The number of para-hydroxylation sites is 1. The van der Waals surface area contributed by atoms with Crippen molar-refractivity contribution in [1.29, 1.82) is 0 Å². The van der Waals surface area contributed by atoms with E-state index in [9.17, 15) is 9.59 Å². The van der Waals surface area contributed by atoms with Gasteiger partial charge in [-0.05, 0) is 42.7 Å². The number of carbonyl (C=O) groups is 2. The molecule has 2 atom stereocenters. The van der Waals surface area contributed by atoms with Crippen molar-refractivity contribution in [3.05, 3.63) is 54.1 Å². The maximum atomic E-state index is 13.1. The maximum absolute atomic E-state index is 13.1. The van der Waals surface area contributed by atoms with Crippen LogP contribution < -0.4 is 25.2 Å². The number of aliphatic imine (C=N–C) groups is 1. The zero-order valence-corrected chi connectivity index (χ0v) is 17.8. The molecule has 0 bridgehead atoms. The molecule has 0 saturated heterocycles. The van der Waals surface area contributed by atoms with Crippen LogP contribution in [0.4, 0.5) is 5.69 Å². The highest BCUT2D eigenvalue weighted by Gasteiger charge is 2.32. The number of ether oxygens (including phenoxy) is 2. The van der Waals surface area contributed by atoms with E-state index in [0.717, 1.165) is 5.56 Å². The first-order valence-electron chi connectivity index (χ1n) is 10.4. The Balaban J connectivity index is 1.55. The van der Waals surface area contributed by atoms with Crippen LogP contribution in [0.5, 0.6) is 11.5 Å². The minimum absolute atomic E-state index is 0.0964. The van der Waals surface area contributed by atoms with Gasteiger partial charge in [-0.15, -0.1) is 0 Å². The summed E-state index contributed by atoms with van der Waals surface area (Å²) in [6.07, 6.45) is 0. The number of anilines is 1. The molecule has 8 heteroatoms. The Morgan fingerprint density at radius 3 is 2.55 bits per heavy atom. The number of fused-ring (bicyclic) bond motifs is 1. The van der Waals surface area contributed by atoms with Gasteiger partial charge < -0.3 is 14.8 Å². The molecule has 4 rings (SSSR count). The van der Waals surface area contributed by atoms with Crippen LogP contribution in [0, 0.1) is 5.92 Å². The van der Waals surface area contributed by atoms with E-state index in [1.54, 1.807) is 19.1 Å². The van der Waals surface area contributed by atoms with Crippen molar-refractivity contribution in [3.63, 3.8) is 0 Å². The highest BCUT2D eigenvalue weighted by Crippen LogP contribution is 2.34. The Morgan fingerprint density at radius 2 is 1.84 bits per heavy atom. The summed E-state index contributed by atoms with van der Waals surface area (Å²) in [5.74, 6) is 0.974. The number of amides is 2. The lowest BCUT2D eigenvalue weighted by Gasteiger charge is -2.31. The standard InChI is InChI=1S/C23H26N4O4/c1-14(2)20(16-9-10-18-19(13-16)31-12-11-30-18)25-22(28)21-24-15(3)23(29)27(26-21)17-7-5-4-6-8-17/h4-10,13-15,20H,11-12H2,1-3H3,(H,24,26)(H,25,28)/t15-,20-/m0/s1. The Labute approximate surface area is 181 Å². The number of rotatable bonds is 5. The topological polar surface area (TPSA) is 92.3 Å². The number of carbonyl (C=O) groups excluding carboxylic acids is 2. The number of benzene rings is 2. The van der Waals surface area contributed by atoms with Crippen molar-refractivity contribution in [2.24, 2.45) is 10.9 Å². The summed E-state index contributed by atoms with van der Waals surface area (Å²) in [6.45, 7) is 6.75. The fourth-order valence-corrected chi connectivity index (χ4v) is 3.60. The van der Waals surface area contributed by atoms with E-state index < -0.39 is 6.04 Å². The van der Waals surface area contributed by atoms with Gasteiger partial charge in [-0.25, -0.2) is 10.0 Å². The van der Waals surface area contributed by atoms with Crippen LogP contribution in [0.1, 0.15) is 32.4 Å². The van der Waals surface area contributed by atoms with E-state index >= 15 is 0 Å². The summed E-state index contributed by atoms with van der Waals surface area (Å²) in [4.78, 5) is 30.0. The SMILES string of the molecule is CC(C)[C@H](NC(=O)C1=N[C@@H](C)C(=O)N(c2ccccc2)N1)c1ccc2c(c1)OCCO2. The highest BCUT2D eigenvalue weighted by atomic mass is 16.6. The zero-order chi connectivity index (χ0) is 22.0. The Bertz CT molecular complexity index is 1010. The van der Waals surface area contributed by atoms with Gasteiger partial charge in [0.2, 0.25) is 5.84 Å². The molecule has 0 aliphatic carbocycles. The second-order valence-electron chi connectivity index (χ2n) is 7.87. The van der Waals surface area contributed by atoms with Gasteiger partial charge in [-0.2, -0.15) is 0 Å². The quantitative estimate of drug-likeness (QED) is 0.773. The number of hydrazine groups is 1. The maximum Gasteiger partial charge on any atom is 0.288 e. The smallest absolute Gasteiger partial charge is 0.288 e. The summed E-state index contributed by atoms with van der Waals surface area (Å²) in [5, 5.41) is 4.41. The number of nitrogens with one attached hydrogen (secondary N) is 2. The predicted octanol–water partition coefficient (Wildman–Crippen LogP) is 2.61. The lowest BCUT2D eigenvalue weighted by Crippen LogP contribution is -2.58. The third-order valence-corrected chi connectivity index (χ3v) is 5.23. The molecular weight excluding hydrogens is 396 g/mol. The van der Waals surface area contributed by atoms with Gasteiger partial charge in [0.25, 0.3) is 11.8 Å². The number of hydrogen-bond donors (Lipinski definition) is 2. The van der Waals surface area contributed by atoms with Crippen molar-refractivity contribution in [2.75, 3.05) is 18.2 Å². The highest BCUT2D eigenvalue weighted by molar-refractivity contribution is 6.39. The number of nitrogens with zero attached hydrogens (tertiary/aromatic N) is 2. The van der Waals surface area contributed by atoms with Crippen molar-refractivity contribution >= 4 is 23.3 Å². The number of amidine groups is 1. The first-order valence-corrected chi connectivity index (χ1v) is 10.4. The molecule has 0 radical (unpaired) electrons. The summed E-state index contributed by atoms with van der Waals surface area (Å²) < 4.78 is 11.3. The Morgan fingerprint density at radius 1 is 1.13 bits per heavy atom. The van der Waals surface area contributed by atoms with E-state index in [1.165, 1.54) is 5.01 Å². The van der Waals surface area contributed by atoms with Gasteiger partial charge in [-0.1, -0.05) is 38.1 Å². The van der Waals surface area contributed by atoms with Crippen LogP contribution in [-0.2, 0) is 9.59 Å². The molecule has 2 heterocycles. The van der Waals surface area contributed by atoms with Crippen molar-refractivity contribution in [2.45, 2.75) is 32.9 Å². The molecule has 2 aromatic rings. The van der Waals surface area contributed by atoms with E-state index in [-0.39, 0.29) is 29.6 Å². The normalized spacial score (nSPS) is 18.8. The second-order valence-corrected chi connectivity index (χ2v) is 7.87. The molecule has 2 N–H and O–H groups in total. The third-order valence-electron chi connectivity index (χ3n) is 5.23. The lowest BCUT2D eigenvalue weighted by atomic mass is 9.95. The molecule has 0 saturated carbocycles. The molecule has 2 aromatic carbocycles. The first kappa shape index (κ1) is 20.7. The molecule has 2 amide bonds. The van der Waals surface area contributed by atoms with Gasteiger partial charge in [0.1, 0.15) is 19.3 Å². The molecule has 31 heavy (non-hydrogen) atoms. The van der Waals surface area contributed by atoms with Gasteiger partial charge in [0, 0.05) is 0 Å². The van der Waals surface area contributed by atoms with Crippen molar-refractivity contribution in [1.82, 2.24) is 10.7 Å². The van der Waals surface area contributed by atoms with Crippen LogP contribution in [0.15, 0.2) is 53.5 Å². The monoisotopic (exact) mass is 422 g/mol. The molecule has 0 aromatic heterocycles. The van der Waals surface area contributed by atoms with Gasteiger partial charge in [0.05, 0.1) is 11.7 Å². The largest absolute Gasteiger partial charge is 0.486 e. The van der Waals surface area contributed by atoms with Crippen molar-refractivity contribution in [3.8, 4) is 11.5 Å². The minimum atomic E-state index is -0.672. The van der Waals surface area contributed by atoms with E-state index in [0.29, 0.717) is 30.4 Å². The molecule has 162 valence electrons. The summed E-state index contributed by atoms with van der Waals surface area (Å²) in [7, 11) is 0. The van der Waals surface area contributed by atoms with Crippen LogP contribution >= 0.6 is 0 Å². The molecular formula is C23H26N4O4. The van der Waals surface area contributed by atoms with Crippen LogP contribution in [0.3, 0.4) is 0 Å². The van der Waals surface area contributed by atoms with E-state index in [1.807, 2.05) is 50.2 Å². The summed E-state index contributed by atoms with van der Waals surface area (Å²) >= 11 is 0. The lowest BCUT2D eigenvalue weighted by molar-refractivity contribution is -0.120. The third kappa shape index (κ3) is 4.33. The Kier molecular flexibility index (Phi) is 5.79. The fourth-order valence-electron chi connectivity index (χ4n) is 3.60. The fraction of sp³-hybridized carbons (Fsp3) is 0.348. The van der Waals surface area contributed by atoms with Gasteiger partial charge >= 0.3 is 0 Å². The summed E-state index contributed by atoms with van der Waals surface area (Å²) in [6, 6.07) is 13.9. The van der Waals surface area contributed by atoms with Crippen molar-refractivity contribution < 1.29 is 19.1 Å². The van der Waals surface area contributed by atoms with Crippen LogP contribution in [-0.4, -0.2) is 36.9 Å². The average molecular weight is 422 g/mol. The van der Waals surface area contributed by atoms with Crippen LogP contribution in [0.2, 0.25) is 0 Å². The molecule has 0 fully saturated rings. The Hall–Kier alpha value is -3.55.